The van der Waals surface area contributed by atoms with Crippen molar-refractivity contribution in [1.29, 1.82) is 0 Å². The van der Waals surface area contributed by atoms with Crippen LogP contribution >= 0.6 is 0 Å². The summed E-state index contributed by atoms with van der Waals surface area (Å²) in [7, 11) is 0. The maximum Gasteiger partial charge on any atom is 0.0588 e. The molecule has 1 fully saturated rings. The van der Waals surface area contributed by atoms with Gasteiger partial charge in [0, 0.05) is 12.6 Å². The third-order valence-electron chi connectivity index (χ3n) is 4.67. The molecule has 3 rings (SSSR count). The molecule has 104 valence electrons. The summed E-state index contributed by atoms with van der Waals surface area (Å²) in [5, 5.41) is 3.75. The lowest BCUT2D eigenvalue weighted by Gasteiger charge is -2.30. The van der Waals surface area contributed by atoms with Gasteiger partial charge >= 0.3 is 0 Å². The summed E-state index contributed by atoms with van der Waals surface area (Å²) in [6.45, 7) is 4.40. The Morgan fingerprint density at radius 1 is 1.16 bits per heavy atom. The summed E-state index contributed by atoms with van der Waals surface area (Å²) < 4.78 is 5.69. The minimum absolute atomic E-state index is 0.505. The van der Waals surface area contributed by atoms with Crippen LogP contribution in [-0.4, -0.2) is 19.3 Å². The van der Waals surface area contributed by atoms with Crippen molar-refractivity contribution >= 4 is 0 Å². The molecular weight excluding hydrogens is 234 g/mol. The molecule has 19 heavy (non-hydrogen) atoms. The van der Waals surface area contributed by atoms with Crippen LogP contribution in [0.25, 0.3) is 0 Å². The van der Waals surface area contributed by atoms with Crippen LogP contribution in [0.3, 0.4) is 0 Å². The van der Waals surface area contributed by atoms with Gasteiger partial charge in [0.15, 0.2) is 0 Å². The van der Waals surface area contributed by atoms with Crippen LogP contribution in [-0.2, 0) is 4.74 Å². The molecule has 1 N–H and O–H groups in total. The van der Waals surface area contributed by atoms with Crippen LogP contribution in [0.4, 0.5) is 0 Å². The van der Waals surface area contributed by atoms with Crippen molar-refractivity contribution in [2.24, 2.45) is 0 Å². The molecule has 0 saturated carbocycles. The molecule has 0 aromatic heterocycles. The van der Waals surface area contributed by atoms with E-state index < -0.39 is 0 Å². The molecular formula is C17H25NO. The second kappa shape index (κ2) is 6.06. The van der Waals surface area contributed by atoms with Crippen molar-refractivity contribution in [2.45, 2.75) is 57.1 Å². The number of hydrogen-bond donors (Lipinski definition) is 1. The van der Waals surface area contributed by atoms with E-state index in [0.717, 1.165) is 19.6 Å². The van der Waals surface area contributed by atoms with Gasteiger partial charge in [-0.3, -0.25) is 0 Å². The van der Waals surface area contributed by atoms with Crippen LogP contribution < -0.4 is 5.32 Å². The fourth-order valence-corrected chi connectivity index (χ4v) is 3.51. The quantitative estimate of drug-likeness (QED) is 0.888. The van der Waals surface area contributed by atoms with E-state index in [1.165, 1.54) is 31.2 Å². The standard InChI is InChI=1S/C17H25NO/c1-13-8-9-17(16-7-3-2-6-15(13)16)18-11-10-14-5-4-12-19-14/h2-3,6-7,13-14,17-18H,4-5,8-12H2,1H3. The maximum atomic E-state index is 5.69. The zero-order valence-electron chi connectivity index (χ0n) is 11.9. The molecule has 1 heterocycles. The van der Waals surface area contributed by atoms with Crippen LogP contribution in [0.15, 0.2) is 24.3 Å². The summed E-state index contributed by atoms with van der Waals surface area (Å²) in [4.78, 5) is 0. The van der Waals surface area contributed by atoms with E-state index in [-0.39, 0.29) is 0 Å². The maximum absolute atomic E-state index is 5.69. The third kappa shape index (κ3) is 3.01. The Bertz CT molecular complexity index is 411. The predicted molar refractivity (Wildman–Crippen MR) is 78.4 cm³/mol. The minimum atomic E-state index is 0.505. The van der Waals surface area contributed by atoms with E-state index in [1.807, 2.05) is 0 Å². The van der Waals surface area contributed by atoms with E-state index in [9.17, 15) is 0 Å². The van der Waals surface area contributed by atoms with Gasteiger partial charge in [0.2, 0.25) is 0 Å². The lowest BCUT2D eigenvalue weighted by molar-refractivity contribution is 0.103. The molecule has 1 aromatic carbocycles. The van der Waals surface area contributed by atoms with Crippen LogP contribution in [0, 0.1) is 0 Å². The van der Waals surface area contributed by atoms with E-state index in [1.54, 1.807) is 5.56 Å². The second-order valence-electron chi connectivity index (χ2n) is 6.04. The second-order valence-corrected chi connectivity index (χ2v) is 6.04. The first kappa shape index (κ1) is 13.1. The van der Waals surface area contributed by atoms with E-state index >= 15 is 0 Å². The fraction of sp³-hybridized carbons (Fsp3) is 0.647. The van der Waals surface area contributed by atoms with Crippen molar-refractivity contribution < 1.29 is 4.74 Å². The van der Waals surface area contributed by atoms with Gasteiger partial charge in [-0.05, 0) is 55.7 Å². The molecule has 1 aliphatic heterocycles. The Hall–Kier alpha value is -0.860. The van der Waals surface area contributed by atoms with Gasteiger partial charge in [0.1, 0.15) is 0 Å². The lowest BCUT2D eigenvalue weighted by atomic mass is 9.81. The molecule has 2 aliphatic rings. The first-order valence-electron chi connectivity index (χ1n) is 7.78. The molecule has 1 saturated heterocycles. The summed E-state index contributed by atoms with van der Waals surface area (Å²) in [5.41, 5.74) is 3.07. The molecule has 2 heteroatoms. The average Bonchev–Trinajstić information content (AvgIpc) is 2.95. The smallest absolute Gasteiger partial charge is 0.0588 e. The molecule has 2 nitrogen and oxygen atoms in total. The monoisotopic (exact) mass is 259 g/mol. The molecule has 0 bridgehead atoms. The SMILES string of the molecule is CC1CCC(NCCC2CCCO2)c2ccccc21. The van der Waals surface area contributed by atoms with Crippen molar-refractivity contribution in [2.75, 3.05) is 13.2 Å². The number of rotatable bonds is 4. The molecule has 3 atom stereocenters. The predicted octanol–water partition coefficient (Wildman–Crippen LogP) is 3.78. The Kier molecular flexibility index (Phi) is 4.19. The van der Waals surface area contributed by atoms with Gasteiger partial charge in [-0.2, -0.15) is 0 Å². The largest absolute Gasteiger partial charge is 0.378 e. The Labute approximate surface area is 116 Å². The van der Waals surface area contributed by atoms with Gasteiger partial charge < -0.3 is 10.1 Å². The van der Waals surface area contributed by atoms with Crippen molar-refractivity contribution in [3.63, 3.8) is 0 Å². The Morgan fingerprint density at radius 2 is 2.00 bits per heavy atom. The van der Waals surface area contributed by atoms with E-state index in [0.29, 0.717) is 18.1 Å². The van der Waals surface area contributed by atoms with E-state index in [4.69, 9.17) is 4.74 Å². The molecule has 0 spiro atoms. The normalized spacial score (nSPS) is 30.3. The molecule has 0 amide bonds. The Balaban J connectivity index is 1.58. The highest BCUT2D eigenvalue weighted by atomic mass is 16.5. The van der Waals surface area contributed by atoms with Gasteiger partial charge in [-0.25, -0.2) is 0 Å². The van der Waals surface area contributed by atoms with Crippen LogP contribution in [0.2, 0.25) is 0 Å². The first-order valence-corrected chi connectivity index (χ1v) is 7.78. The van der Waals surface area contributed by atoms with Gasteiger partial charge in [-0.15, -0.1) is 0 Å². The van der Waals surface area contributed by atoms with Crippen molar-refractivity contribution in [3.05, 3.63) is 35.4 Å². The topological polar surface area (TPSA) is 21.3 Å². The summed E-state index contributed by atoms with van der Waals surface area (Å²) >= 11 is 0. The number of fused-ring (bicyclic) bond motifs is 1. The van der Waals surface area contributed by atoms with Gasteiger partial charge in [0.05, 0.1) is 6.10 Å². The molecule has 1 aromatic rings. The number of ether oxygens (including phenoxy) is 1. The van der Waals surface area contributed by atoms with Crippen molar-refractivity contribution in [1.82, 2.24) is 5.32 Å². The zero-order valence-corrected chi connectivity index (χ0v) is 11.9. The zero-order chi connectivity index (χ0) is 13.1. The molecule has 0 radical (unpaired) electrons. The Morgan fingerprint density at radius 3 is 2.79 bits per heavy atom. The third-order valence-corrected chi connectivity index (χ3v) is 4.67. The highest BCUT2D eigenvalue weighted by molar-refractivity contribution is 5.34. The highest BCUT2D eigenvalue weighted by Crippen LogP contribution is 2.36. The van der Waals surface area contributed by atoms with Crippen molar-refractivity contribution in [3.8, 4) is 0 Å². The van der Waals surface area contributed by atoms with Gasteiger partial charge in [-0.1, -0.05) is 31.2 Å². The number of benzene rings is 1. The highest BCUT2D eigenvalue weighted by Gasteiger charge is 2.24. The summed E-state index contributed by atoms with van der Waals surface area (Å²) in [5.74, 6) is 0.715. The fourth-order valence-electron chi connectivity index (χ4n) is 3.51. The minimum Gasteiger partial charge on any atom is -0.378 e. The summed E-state index contributed by atoms with van der Waals surface area (Å²) in [6.07, 6.45) is 6.73. The van der Waals surface area contributed by atoms with E-state index in [2.05, 4.69) is 36.5 Å². The lowest BCUT2D eigenvalue weighted by Crippen LogP contribution is -2.28. The first-order chi connectivity index (χ1) is 9.34. The number of nitrogens with one attached hydrogen (secondary N) is 1. The van der Waals surface area contributed by atoms with Gasteiger partial charge in [0.25, 0.3) is 0 Å². The van der Waals surface area contributed by atoms with Crippen LogP contribution in [0.1, 0.15) is 62.1 Å². The average molecular weight is 259 g/mol. The number of hydrogen-bond acceptors (Lipinski definition) is 2. The van der Waals surface area contributed by atoms with Crippen LogP contribution in [0.5, 0.6) is 0 Å². The molecule has 1 aliphatic carbocycles. The summed E-state index contributed by atoms with van der Waals surface area (Å²) in [6, 6.07) is 9.49. The molecule has 3 unspecified atom stereocenters.